The molecular formula is C24H19F2N7O2. The molecule has 1 amide bonds. The molecule has 9 nitrogen and oxygen atoms in total. The van der Waals surface area contributed by atoms with Gasteiger partial charge < -0.3 is 5.32 Å². The first-order chi connectivity index (χ1) is 16.7. The number of hydrogen-bond acceptors (Lipinski definition) is 5. The maximum atomic E-state index is 14.1. The highest BCUT2D eigenvalue weighted by molar-refractivity contribution is 6.04. The third-order valence-electron chi connectivity index (χ3n) is 5.69. The third-order valence-corrected chi connectivity index (χ3v) is 5.69. The Morgan fingerprint density at radius 1 is 1.03 bits per heavy atom. The molecule has 0 bridgehead atoms. The minimum atomic E-state index is -1.01. The highest BCUT2D eigenvalue weighted by atomic mass is 19.1. The minimum absolute atomic E-state index is 0.00744. The largest absolute Gasteiger partial charge is 0.306 e. The number of fused-ring (bicyclic) bond motifs is 1. The lowest BCUT2D eigenvalue weighted by molar-refractivity contribution is 0.101. The number of hydrogen-bond donors (Lipinski definition) is 2. The number of nitrogens with zero attached hydrogens (tertiary/aromatic N) is 5. The fraction of sp³-hybridized carbons (Fsp3) is 0.125. The Balaban J connectivity index is 1.62. The predicted octanol–water partition coefficient (Wildman–Crippen LogP) is 3.75. The van der Waals surface area contributed by atoms with Crippen molar-refractivity contribution in [3.63, 3.8) is 0 Å². The van der Waals surface area contributed by atoms with Crippen LogP contribution in [0.1, 0.15) is 27.2 Å². The highest BCUT2D eigenvalue weighted by Gasteiger charge is 2.21. The Hall–Kier alpha value is -4.67. The van der Waals surface area contributed by atoms with Crippen LogP contribution in [0.2, 0.25) is 0 Å². The molecule has 0 spiro atoms. The van der Waals surface area contributed by atoms with Gasteiger partial charge in [-0.25, -0.2) is 13.5 Å². The molecule has 176 valence electrons. The fourth-order valence-corrected chi connectivity index (χ4v) is 3.79. The van der Waals surface area contributed by atoms with E-state index in [1.165, 1.54) is 23.0 Å². The van der Waals surface area contributed by atoms with Crippen LogP contribution in [0.25, 0.3) is 22.7 Å². The van der Waals surface area contributed by atoms with Gasteiger partial charge in [-0.05, 0) is 50.1 Å². The zero-order valence-electron chi connectivity index (χ0n) is 18.9. The van der Waals surface area contributed by atoms with Crippen LogP contribution in [0.4, 0.5) is 14.6 Å². The van der Waals surface area contributed by atoms with Crippen LogP contribution in [-0.2, 0) is 0 Å². The lowest BCUT2D eigenvalue weighted by atomic mass is 10.1. The number of amides is 1. The van der Waals surface area contributed by atoms with Crippen LogP contribution in [0.15, 0.2) is 53.5 Å². The van der Waals surface area contributed by atoms with Crippen LogP contribution in [0.3, 0.4) is 0 Å². The summed E-state index contributed by atoms with van der Waals surface area (Å²) in [5, 5.41) is 11.4. The van der Waals surface area contributed by atoms with Crippen molar-refractivity contribution in [2.75, 3.05) is 5.32 Å². The summed E-state index contributed by atoms with van der Waals surface area (Å²) in [6.45, 7) is 5.57. The molecule has 0 unspecified atom stereocenters. The van der Waals surface area contributed by atoms with Crippen molar-refractivity contribution in [3.8, 4) is 11.6 Å². The Morgan fingerprint density at radius 2 is 1.74 bits per heavy atom. The average Bonchev–Trinajstić information content (AvgIpc) is 3.39. The molecule has 0 atom stereocenters. The summed E-state index contributed by atoms with van der Waals surface area (Å²) in [6.07, 6.45) is 1.42. The van der Waals surface area contributed by atoms with E-state index in [1.54, 1.807) is 11.6 Å². The van der Waals surface area contributed by atoms with Gasteiger partial charge in [0.05, 0.1) is 17.6 Å². The van der Waals surface area contributed by atoms with E-state index in [9.17, 15) is 18.4 Å². The fourth-order valence-electron chi connectivity index (χ4n) is 3.79. The Kier molecular flexibility index (Phi) is 5.24. The first-order valence-electron chi connectivity index (χ1n) is 10.6. The van der Waals surface area contributed by atoms with E-state index >= 15 is 0 Å². The summed E-state index contributed by atoms with van der Waals surface area (Å²) < 4.78 is 30.9. The second-order valence-electron chi connectivity index (χ2n) is 8.04. The Labute approximate surface area is 197 Å². The summed E-state index contributed by atoms with van der Waals surface area (Å²) in [6, 6.07) is 10.3. The normalized spacial score (nSPS) is 11.2. The van der Waals surface area contributed by atoms with Crippen molar-refractivity contribution in [2.24, 2.45) is 0 Å². The number of aromatic amines is 1. The molecule has 0 aliphatic heterocycles. The lowest BCUT2D eigenvalue weighted by Crippen LogP contribution is -2.20. The number of carbonyl (C=O) groups excluding carboxylic acids is 1. The molecule has 5 rings (SSSR count). The van der Waals surface area contributed by atoms with E-state index in [1.807, 2.05) is 32.0 Å². The molecule has 2 aromatic carbocycles. The van der Waals surface area contributed by atoms with Gasteiger partial charge in [-0.2, -0.15) is 19.9 Å². The number of aryl methyl sites for hydroxylation is 2. The number of aromatic nitrogens is 6. The number of rotatable bonds is 4. The van der Waals surface area contributed by atoms with E-state index in [0.29, 0.717) is 5.69 Å². The smallest absolute Gasteiger partial charge is 0.263 e. The monoisotopic (exact) mass is 475 g/mol. The zero-order chi connectivity index (χ0) is 24.9. The topological polar surface area (TPSA) is 110 Å². The lowest BCUT2D eigenvalue weighted by Gasteiger charge is -2.11. The molecule has 0 saturated heterocycles. The average molecular weight is 475 g/mol. The van der Waals surface area contributed by atoms with Gasteiger partial charge in [-0.3, -0.25) is 14.6 Å². The second-order valence-corrected chi connectivity index (χ2v) is 8.04. The number of nitrogens with one attached hydrogen (secondary N) is 2. The van der Waals surface area contributed by atoms with Crippen molar-refractivity contribution in [1.29, 1.82) is 0 Å². The molecule has 3 aromatic heterocycles. The van der Waals surface area contributed by atoms with Gasteiger partial charge in [0.1, 0.15) is 28.4 Å². The van der Waals surface area contributed by atoms with E-state index in [-0.39, 0.29) is 22.8 Å². The number of carbonyl (C=O) groups is 1. The number of benzene rings is 2. The highest BCUT2D eigenvalue weighted by Crippen LogP contribution is 2.22. The minimum Gasteiger partial charge on any atom is -0.306 e. The van der Waals surface area contributed by atoms with Gasteiger partial charge in [0.2, 0.25) is 5.95 Å². The van der Waals surface area contributed by atoms with E-state index in [2.05, 4.69) is 25.5 Å². The molecule has 35 heavy (non-hydrogen) atoms. The van der Waals surface area contributed by atoms with Gasteiger partial charge in [0, 0.05) is 6.07 Å². The summed E-state index contributed by atoms with van der Waals surface area (Å²) in [4.78, 5) is 32.7. The van der Waals surface area contributed by atoms with Crippen molar-refractivity contribution in [1.82, 2.24) is 29.5 Å². The molecule has 3 heterocycles. The van der Waals surface area contributed by atoms with Crippen LogP contribution < -0.4 is 10.9 Å². The van der Waals surface area contributed by atoms with Gasteiger partial charge >= 0.3 is 0 Å². The molecule has 2 N–H and O–H groups in total. The van der Waals surface area contributed by atoms with Crippen molar-refractivity contribution >= 4 is 22.8 Å². The summed E-state index contributed by atoms with van der Waals surface area (Å²) >= 11 is 0. The van der Waals surface area contributed by atoms with Crippen LogP contribution in [0.5, 0.6) is 0 Å². The molecule has 0 saturated carbocycles. The maximum Gasteiger partial charge on any atom is 0.263 e. The Bertz CT molecular complexity index is 1660. The second kappa shape index (κ2) is 8.28. The number of anilines is 1. The van der Waals surface area contributed by atoms with Gasteiger partial charge in [-0.15, -0.1) is 0 Å². The van der Waals surface area contributed by atoms with Gasteiger partial charge in [-0.1, -0.05) is 18.2 Å². The van der Waals surface area contributed by atoms with E-state index in [0.717, 1.165) is 28.9 Å². The third kappa shape index (κ3) is 3.76. The number of halogens is 2. The number of H-pyrrole nitrogens is 1. The molecule has 11 heteroatoms. The molecule has 0 aliphatic carbocycles. The maximum absolute atomic E-state index is 14.1. The quantitative estimate of drug-likeness (QED) is 0.411. The molecule has 0 aliphatic rings. The zero-order valence-corrected chi connectivity index (χ0v) is 18.9. The van der Waals surface area contributed by atoms with Crippen molar-refractivity contribution in [3.05, 3.63) is 93.0 Å². The molecular weight excluding hydrogens is 456 g/mol. The molecule has 0 fully saturated rings. The van der Waals surface area contributed by atoms with Crippen LogP contribution in [0, 0.1) is 32.4 Å². The SMILES string of the molecule is Cc1cc(NC(=O)c2c(F)cccc2F)n(-c2nc3c(cnn3-c3cccc(C)c3C)c(=O)[nH]2)n1. The van der Waals surface area contributed by atoms with Gasteiger partial charge in [0.15, 0.2) is 5.65 Å². The Morgan fingerprint density at radius 3 is 2.49 bits per heavy atom. The van der Waals surface area contributed by atoms with Crippen LogP contribution in [-0.4, -0.2) is 35.4 Å². The first-order valence-corrected chi connectivity index (χ1v) is 10.6. The van der Waals surface area contributed by atoms with Gasteiger partial charge in [0.25, 0.3) is 11.5 Å². The summed E-state index contributed by atoms with van der Waals surface area (Å²) in [5.74, 6) is -2.96. The van der Waals surface area contributed by atoms with Crippen LogP contribution >= 0.6 is 0 Å². The first kappa shape index (κ1) is 22.1. The standard InChI is InChI=1S/C24H19F2N7O2/c1-12-6-4-9-18(14(12)3)32-21-15(11-27-32)22(34)30-24(29-21)33-19(10-13(2)31-33)28-23(35)20-16(25)7-5-8-17(20)26/h4-11H,1-3H3,(H,28,35)(H,29,30,34). The predicted molar refractivity (Wildman–Crippen MR) is 125 cm³/mol. The van der Waals surface area contributed by atoms with Crippen molar-refractivity contribution < 1.29 is 13.6 Å². The van der Waals surface area contributed by atoms with E-state index < -0.39 is 28.7 Å². The van der Waals surface area contributed by atoms with Crippen molar-refractivity contribution in [2.45, 2.75) is 20.8 Å². The molecule has 5 aromatic rings. The van der Waals surface area contributed by atoms with E-state index in [4.69, 9.17) is 0 Å². The summed E-state index contributed by atoms with van der Waals surface area (Å²) in [7, 11) is 0. The molecule has 0 radical (unpaired) electrons. The summed E-state index contributed by atoms with van der Waals surface area (Å²) in [5.41, 5.74) is 2.32.